The molecular weight excluding hydrogens is 320 g/mol. The third kappa shape index (κ3) is 2.99. The molecule has 0 radical (unpaired) electrons. The van der Waals surface area contributed by atoms with Gasteiger partial charge in [-0.2, -0.15) is 0 Å². The van der Waals surface area contributed by atoms with Gasteiger partial charge in [0.25, 0.3) is 0 Å². The lowest BCUT2D eigenvalue weighted by Gasteiger charge is -2.19. The number of carboxylic acids is 1. The Hall–Kier alpha value is -2.40. The van der Waals surface area contributed by atoms with Crippen molar-refractivity contribution < 1.29 is 9.90 Å². The summed E-state index contributed by atoms with van der Waals surface area (Å²) < 4.78 is -0.981. The summed E-state index contributed by atoms with van der Waals surface area (Å²) in [6.07, 6.45) is 3.24. The fourth-order valence-electron chi connectivity index (χ4n) is 2.53. The molecule has 0 spiro atoms. The van der Waals surface area contributed by atoms with E-state index >= 15 is 0 Å². The number of hydrogen-bond donors (Lipinski definition) is 1. The van der Waals surface area contributed by atoms with Crippen molar-refractivity contribution in [1.29, 1.82) is 0 Å². The van der Waals surface area contributed by atoms with Crippen LogP contribution in [0.15, 0.2) is 53.8 Å². The predicted molar refractivity (Wildman–Crippen MR) is 97.3 cm³/mol. The number of aryl methyl sites for hydroxylation is 1. The zero-order chi connectivity index (χ0) is 17.3. The molecule has 0 fully saturated rings. The van der Waals surface area contributed by atoms with Gasteiger partial charge in [0.1, 0.15) is 15.5 Å². The lowest BCUT2D eigenvalue weighted by atomic mass is 9.99. The Morgan fingerprint density at radius 2 is 1.71 bits per heavy atom. The van der Waals surface area contributed by atoms with E-state index in [0.717, 1.165) is 16.3 Å². The van der Waals surface area contributed by atoms with E-state index in [2.05, 4.69) is 35.1 Å². The van der Waals surface area contributed by atoms with Crippen LogP contribution in [0.3, 0.4) is 0 Å². The first kappa shape index (κ1) is 16.5. The Morgan fingerprint density at radius 1 is 1.04 bits per heavy atom. The van der Waals surface area contributed by atoms with Crippen LogP contribution in [0.2, 0.25) is 0 Å². The zero-order valence-corrected chi connectivity index (χ0v) is 14.6. The zero-order valence-electron chi connectivity index (χ0n) is 13.8. The third-order valence-electron chi connectivity index (χ3n) is 3.93. The minimum atomic E-state index is -0.981. The van der Waals surface area contributed by atoms with Crippen molar-refractivity contribution in [2.24, 2.45) is 0 Å². The number of carbonyl (C=O) groups is 1. The van der Waals surface area contributed by atoms with E-state index in [1.54, 1.807) is 26.2 Å². The molecule has 1 aromatic heterocycles. The average molecular weight is 338 g/mol. The van der Waals surface area contributed by atoms with Crippen LogP contribution in [0.4, 0.5) is 0 Å². The molecule has 1 N–H and O–H groups in total. The highest BCUT2D eigenvalue weighted by Crippen LogP contribution is 2.39. The number of benzene rings is 2. The normalized spacial score (nSPS) is 11.6. The molecule has 0 saturated carbocycles. The first-order chi connectivity index (χ1) is 11.4. The number of nitrogens with zero attached hydrogens (tertiary/aromatic N) is 2. The van der Waals surface area contributed by atoms with Crippen molar-refractivity contribution in [3.8, 4) is 11.3 Å². The lowest BCUT2D eigenvalue weighted by Crippen LogP contribution is -2.27. The third-order valence-corrected chi connectivity index (χ3v) is 5.11. The van der Waals surface area contributed by atoms with Gasteiger partial charge in [0.15, 0.2) is 0 Å². The summed E-state index contributed by atoms with van der Waals surface area (Å²) in [5.41, 5.74) is 2.87. The summed E-state index contributed by atoms with van der Waals surface area (Å²) in [5.74, 6) is -0.877. The van der Waals surface area contributed by atoms with Gasteiger partial charge in [-0.3, -0.25) is 9.78 Å². The predicted octanol–water partition coefficient (Wildman–Crippen LogP) is 4.56. The SMILES string of the molecule is Cc1ccc(-c2nccnc2SC(C)(C)C(=O)O)c2ccccc12. The molecule has 0 aliphatic heterocycles. The van der Waals surface area contributed by atoms with Crippen LogP contribution in [-0.4, -0.2) is 25.8 Å². The largest absolute Gasteiger partial charge is 0.480 e. The van der Waals surface area contributed by atoms with E-state index in [-0.39, 0.29) is 0 Å². The van der Waals surface area contributed by atoms with Gasteiger partial charge in [-0.05, 0) is 37.1 Å². The summed E-state index contributed by atoms with van der Waals surface area (Å²) in [6, 6.07) is 12.2. The molecule has 0 bridgehead atoms. The smallest absolute Gasteiger partial charge is 0.319 e. The Bertz CT molecular complexity index is 922. The van der Waals surface area contributed by atoms with E-state index in [9.17, 15) is 9.90 Å². The van der Waals surface area contributed by atoms with Crippen molar-refractivity contribution in [1.82, 2.24) is 9.97 Å². The van der Waals surface area contributed by atoms with E-state index in [0.29, 0.717) is 10.7 Å². The van der Waals surface area contributed by atoms with E-state index in [1.807, 2.05) is 18.2 Å². The molecule has 3 rings (SSSR count). The number of aromatic nitrogens is 2. The monoisotopic (exact) mass is 338 g/mol. The number of fused-ring (bicyclic) bond motifs is 1. The average Bonchev–Trinajstić information content (AvgIpc) is 2.56. The summed E-state index contributed by atoms with van der Waals surface area (Å²) in [7, 11) is 0. The van der Waals surface area contributed by atoms with Crippen LogP contribution in [0, 0.1) is 6.92 Å². The fraction of sp³-hybridized carbons (Fsp3) is 0.211. The second-order valence-electron chi connectivity index (χ2n) is 6.10. The summed E-state index contributed by atoms with van der Waals surface area (Å²) in [5, 5.41) is 12.3. The first-order valence-corrected chi connectivity index (χ1v) is 8.44. The maximum atomic E-state index is 11.5. The maximum Gasteiger partial charge on any atom is 0.319 e. The number of carboxylic acid groups (broad SMARTS) is 1. The molecule has 3 aromatic rings. The molecule has 5 heteroatoms. The number of thioether (sulfide) groups is 1. The molecule has 0 aliphatic carbocycles. The van der Waals surface area contributed by atoms with Crippen molar-refractivity contribution in [3.05, 3.63) is 54.4 Å². The molecule has 0 saturated heterocycles. The van der Waals surface area contributed by atoms with Gasteiger partial charge >= 0.3 is 5.97 Å². The van der Waals surface area contributed by atoms with Crippen LogP contribution < -0.4 is 0 Å². The molecule has 2 aromatic carbocycles. The fourth-order valence-corrected chi connectivity index (χ4v) is 3.47. The van der Waals surface area contributed by atoms with Gasteiger partial charge in [-0.15, -0.1) is 0 Å². The van der Waals surface area contributed by atoms with Gasteiger partial charge in [-0.25, -0.2) is 4.98 Å². The molecule has 0 atom stereocenters. The van der Waals surface area contributed by atoms with Gasteiger partial charge in [0, 0.05) is 18.0 Å². The van der Waals surface area contributed by atoms with E-state index in [1.165, 1.54) is 17.3 Å². The van der Waals surface area contributed by atoms with Crippen molar-refractivity contribution in [2.45, 2.75) is 30.5 Å². The van der Waals surface area contributed by atoms with E-state index < -0.39 is 10.7 Å². The van der Waals surface area contributed by atoms with Crippen LogP contribution in [0.5, 0.6) is 0 Å². The Labute approximate surface area is 145 Å². The number of aliphatic carboxylic acids is 1. The van der Waals surface area contributed by atoms with Crippen molar-refractivity contribution in [3.63, 3.8) is 0 Å². The molecule has 24 heavy (non-hydrogen) atoms. The highest BCUT2D eigenvalue weighted by atomic mass is 32.2. The minimum Gasteiger partial charge on any atom is -0.480 e. The standard InChI is InChI=1S/C19H18N2O2S/c1-12-8-9-15(14-7-5-4-6-13(12)14)16-17(21-11-10-20-16)24-19(2,3)18(22)23/h4-11H,1-3H3,(H,22,23). The Kier molecular flexibility index (Phi) is 4.28. The van der Waals surface area contributed by atoms with Gasteiger partial charge in [-0.1, -0.05) is 48.2 Å². The van der Waals surface area contributed by atoms with Gasteiger partial charge < -0.3 is 5.11 Å². The van der Waals surface area contributed by atoms with E-state index in [4.69, 9.17) is 0 Å². The molecule has 0 unspecified atom stereocenters. The molecule has 4 nitrogen and oxygen atoms in total. The Morgan fingerprint density at radius 3 is 2.42 bits per heavy atom. The summed E-state index contributed by atoms with van der Waals surface area (Å²) >= 11 is 1.22. The second-order valence-corrected chi connectivity index (χ2v) is 7.71. The van der Waals surface area contributed by atoms with Crippen LogP contribution in [-0.2, 0) is 4.79 Å². The first-order valence-electron chi connectivity index (χ1n) is 7.62. The molecule has 122 valence electrons. The molecular formula is C19H18N2O2S. The lowest BCUT2D eigenvalue weighted by molar-refractivity contribution is -0.138. The highest BCUT2D eigenvalue weighted by Gasteiger charge is 2.30. The number of rotatable bonds is 4. The van der Waals surface area contributed by atoms with Gasteiger partial charge in [0.05, 0.1) is 0 Å². The van der Waals surface area contributed by atoms with Gasteiger partial charge in [0.2, 0.25) is 0 Å². The van der Waals surface area contributed by atoms with Crippen LogP contribution >= 0.6 is 11.8 Å². The Balaban J connectivity index is 2.19. The second kappa shape index (κ2) is 6.24. The number of hydrogen-bond acceptors (Lipinski definition) is 4. The summed E-state index contributed by atoms with van der Waals surface area (Å²) in [6.45, 7) is 5.42. The van der Waals surface area contributed by atoms with Crippen LogP contribution in [0.25, 0.3) is 22.0 Å². The minimum absolute atomic E-state index is 0.624. The highest BCUT2D eigenvalue weighted by molar-refractivity contribution is 8.01. The molecule has 0 aliphatic rings. The quantitative estimate of drug-likeness (QED) is 0.707. The van der Waals surface area contributed by atoms with Crippen LogP contribution in [0.1, 0.15) is 19.4 Å². The molecule has 1 heterocycles. The summed E-state index contributed by atoms with van der Waals surface area (Å²) in [4.78, 5) is 20.3. The van der Waals surface area contributed by atoms with Crippen molar-refractivity contribution >= 4 is 28.5 Å². The molecule has 0 amide bonds. The topological polar surface area (TPSA) is 63.1 Å². The maximum absolute atomic E-state index is 11.5. The van der Waals surface area contributed by atoms with Crippen molar-refractivity contribution in [2.75, 3.05) is 0 Å².